The number of anilines is 2. The highest BCUT2D eigenvalue weighted by Gasteiger charge is 2.30. The Bertz CT molecular complexity index is 1230. The van der Waals surface area contributed by atoms with Gasteiger partial charge >= 0.3 is 0 Å². The molecule has 13 heteroatoms. The van der Waals surface area contributed by atoms with E-state index >= 15 is 0 Å². The summed E-state index contributed by atoms with van der Waals surface area (Å²) in [5.74, 6) is 0.0696. The number of rotatable bonds is 12. The first-order valence-corrected chi connectivity index (χ1v) is 12.7. The molecule has 0 aromatic heterocycles. The van der Waals surface area contributed by atoms with Crippen LogP contribution in [0.5, 0.6) is 0 Å². The molecule has 0 aliphatic carbocycles. The zero-order valence-electron chi connectivity index (χ0n) is 21.2. The van der Waals surface area contributed by atoms with E-state index in [0.29, 0.717) is 11.3 Å². The topological polar surface area (TPSA) is 151 Å². The summed E-state index contributed by atoms with van der Waals surface area (Å²) in [6.45, 7) is 8.05. The molecule has 0 saturated carbocycles. The molecular weight excluding hydrogens is 488 g/mol. The van der Waals surface area contributed by atoms with Crippen molar-refractivity contribution >= 4 is 39.0 Å². The molecule has 0 unspecified atom stereocenters. The highest BCUT2D eigenvalue weighted by Crippen LogP contribution is 2.30. The van der Waals surface area contributed by atoms with Crippen molar-refractivity contribution in [2.45, 2.75) is 32.6 Å². The van der Waals surface area contributed by atoms with Gasteiger partial charge in [0.05, 0.1) is 21.7 Å². The first-order chi connectivity index (χ1) is 16.7. The number of hydrazone groups is 1. The van der Waals surface area contributed by atoms with Crippen molar-refractivity contribution in [3.05, 3.63) is 62.2 Å². The van der Waals surface area contributed by atoms with Crippen LogP contribution in [0.1, 0.15) is 33.3 Å². The number of nitro groups is 2. The van der Waals surface area contributed by atoms with Crippen molar-refractivity contribution in [3.63, 3.8) is 0 Å². The molecular formula is C23H32N6O6S. The van der Waals surface area contributed by atoms with Gasteiger partial charge in [0.15, 0.2) is 0 Å². The fourth-order valence-electron chi connectivity index (χ4n) is 3.48. The zero-order valence-corrected chi connectivity index (χ0v) is 22.0. The van der Waals surface area contributed by atoms with Gasteiger partial charge in [0.1, 0.15) is 10.6 Å². The second-order valence-electron chi connectivity index (χ2n) is 9.32. The van der Waals surface area contributed by atoms with E-state index in [1.165, 1.54) is 28.7 Å². The van der Waals surface area contributed by atoms with Crippen LogP contribution in [0.3, 0.4) is 0 Å². The average Bonchev–Trinajstić information content (AvgIpc) is 2.77. The molecule has 0 bridgehead atoms. The van der Waals surface area contributed by atoms with Crippen molar-refractivity contribution in [1.29, 1.82) is 0 Å². The zero-order chi connectivity index (χ0) is 27.2. The number of sulfonamides is 1. The first kappa shape index (κ1) is 28.7. The van der Waals surface area contributed by atoms with Crippen molar-refractivity contribution in [2.24, 2.45) is 16.9 Å². The molecule has 0 radical (unpaired) electrons. The summed E-state index contributed by atoms with van der Waals surface area (Å²) in [5.41, 5.74) is 3.04. The van der Waals surface area contributed by atoms with Gasteiger partial charge in [-0.1, -0.05) is 33.8 Å². The maximum absolute atomic E-state index is 13.6. The molecule has 0 aliphatic heterocycles. The van der Waals surface area contributed by atoms with Crippen LogP contribution in [0.4, 0.5) is 22.7 Å². The molecule has 0 saturated heterocycles. The highest BCUT2D eigenvalue weighted by molar-refractivity contribution is 7.89. The predicted molar refractivity (Wildman–Crippen MR) is 140 cm³/mol. The van der Waals surface area contributed by atoms with E-state index < -0.39 is 19.9 Å². The molecule has 1 N–H and O–H groups in total. The second-order valence-corrected chi connectivity index (χ2v) is 11.2. The third kappa shape index (κ3) is 7.21. The quantitative estimate of drug-likeness (QED) is 0.247. The summed E-state index contributed by atoms with van der Waals surface area (Å²) < 4.78 is 28.5. The van der Waals surface area contributed by atoms with Gasteiger partial charge in [0.25, 0.3) is 11.4 Å². The molecule has 196 valence electrons. The minimum Gasteiger partial charge on any atom is -0.372 e. The van der Waals surface area contributed by atoms with Crippen molar-refractivity contribution in [3.8, 4) is 0 Å². The lowest BCUT2D eigenvalue weighted by atomic mass is 10.2. The van der Waals surface area contributed by atoms with Crippen molar-refractivity contribution in [1.82, 2.24) is 4.31 Å². The number of benzene rings is 2. The number of nitro benzene ring substituents is 2. The Morgan fingerprint density at radius 3 is 2.08 bits per heavy atom. The Morgan fingerprint density at radius 1 is 0.972 bits per heavy atom. The summed E-state index contributed by atoms with van der Waals surface area (Å²) in [7, 11) is -0.727. The second kappa shape index (κ2) is 11.9. The minimum absolute atomic E-state index is 0.0348. The summed E-state index contributed by atoms with van der Waals surface area (Å²) in [6.07, 6.45) is 1.31. The van der Waals surface area contributed by atoms with Gasteiger partial charge in [0, 0.05) is 50.9 Å². The predicted octanol–water partition coefficient (Wildman–Crippen LogP) is 4.32. The summed E-state index contributed by atoms with van der Waals surface area (Å²) in [6, 6.07) is 8.04. The third-order valence-corrected chi connectivity index (χ3v) is 6.88. The number of hydrogen-bond acceptors (Lipinski definition) is 9. The van der Waals surface area contributed by atoms with Gasteiger partial charge in [-0.25, -0.2) is 8.42 Å². The number of hydrogen-bond donors (Lipinski definition) is 1. The lowest BCUT2D eigenvalue weighted by Crippen LogP contribution is -2.37. The molecule has 2 aromatic rings. The van der Waals surface area contributed by atoms with Crippen molar-refractivity contribution in [2.75, 3.05) is 37.5 Å². The molecule has 0 aliphatic rings. The minimum atomic E-state index is -4.11. The number of non-ortho nitro benzene ring substituents is 1. The molecule has 2 aromatic carbocycles. The van der Waals surface area contributed by atoms with Crippen LogP contribution >= 0.6 is 0 Å². The molecule has 0 atom stereocenters. The van der Waals surface area contributed by atoms with Crippen LogP contribution in [-0.4, -0.2) is 56.0 Å². The summed E-state index contributed by atoms with van der Waals surface area (Å²) >= 11 is 0. The van der Waals surface area contributed by atoms with Crippen LogP contribution in [0.15, 0.2) is 46.4 Å². The van der Waals surface area contributed by atoms with E-state index in [-0.39, 0.29) is 46.9 Å². The lowest BCUT2D eigenvalue weighted by molar-refractivity contribution is -0.385. The van der Waals surface area contributed by atoms with Gasteiger partial charge < -0.3 is 4.90 Å². The van der Waals surface area contributed by atoms with E-state index in [4.69, 9.17) is 0 Å². The molecule has 0 spiro atoms. The first-order valence-electron chi connectivity index (χ1n) is 11.3. The van der Waals surface area contributed by atoms with Gasteiger partial charge in [-0.15, -0.1) is 0 Å². The van der Waals surface area contributed by atoms with E-state index in [2.05, 4.69) is 10.5 Å². The standard InChI is InChI=1S/C23H32N6O6S/c1-16(2)14-27(15-17(3)4)36(34,35)23-12-19(28(30)31)8-9-20(23)25-24-13-18-7-10-21(26(5)6)22(11-18)29(32)33/h7-13,16-17,25H,14-15H2,1-6H3/b24-13+. The van der Waals surface area contributed by atoms with E-state index in [1.807, 2.05) is 27.7 Å². The van der Waals surface area contributed by atoms with Crippen LogP contribution in [0, 0.1) is 32.1 Å². The fourth-order valence-corrected chi connectivity index (χ4v) is 5.40. The Balaban J connectivity index is 2.49. The highest BCUT2D eigenvalue weighted by atomic mass is 32.2. The van der Waals surface area contributed by atoms with Crippen LogP contribution in [-0.2, 0) is 10.0 Å². The normalized spacial score (nSPS) is 12.0. The van der Waals surface area contributed by atoms with E-state index in [1.54, 1.807) is 31.1 Å². The monoisotopic (exact) mass is 520 g/mol. The SMILES string of the molecule is CC(C)CN(CC(C)C)S(=O)(=O)c1cc([N+](=O)[O-])ccc1N/N=C/c1ccc(N(C)C)c([N+](=O)[O-])c1. The maximum atomic E-state index is 13.6. The fraction of sp³-hybridized carbons (Fsp3) is 0.435. The molecule has 0 heterocycles. The molecule has 36 heavy (non-hydrogen) atoms. The Hall–Kier alpha value is -3.58. The van der Waals surface area contributed by atoms with Gasteiger partial charge in [0.2, 0.25) is 10.0 Å². The molecule has 12 nitrogen and oxygen atoms in total. The van der Waals surface area contributed by atoms with Gasteiger partial charge in [-0.3, -0.25) is 25.7 Å². The molecule has 0 amide bonds. The smallest absolute Gasteiger partial charge is 0.293 e. The van der Waals surface area contributed by atoms with Crippen LogP contribution in [0.25, 0.3) is 0 Å². The van der Waals surface area contributed by atoms with E-state index in [0.717, 1.165) is 6.07 Å². The van der Waals surface area contributed by atoms with Crippen LogP contribution in [0.2, 0.25) is 0 Å². The lowest BCUT2D eigenvalue weighted by Gasteiger charge is -2.26. The molecule has 2 rings (SSSR count). The number of nitrogens with one attached hydrogen (secondary N) is 1. The van der Waals surface area contributed by atoms with Crippen LogP contribution < -0.4 is 10.3 Å². The third-order valence-electron chi connectivity index (χ3n) is 5.01. The number of nitrogens with zero attached hydrogens (tertiary/aromatic N) is 5. The van der Waals surface area contributed by atoms with Crippen molar-refractivity contribution < 1.29 is 18.3 Å². The average molecular weight is 521 g/mol. The van der Waals surface area contributed by atoms with Gasteiger partial charge in [-0.05, 0) is 24.0 Å². The van der Waals surface area contributed by atoms with E-state index in [9.17, 15) is 28.6 Å². The summed E-state index contributed by atoms with van der Waals surface area (Å²) in [5, 5.41) is 26.8. The van der Waals surface area contributed by atoms with Gasteiger partial charge in [-0.2, -0.15) is 9.41 Å². The Morgan fingerprint density at radius 2 is 1.58 bits per heavy atom. The maximum Gasteiger partial charge on any atom is 0.293 e. The largest absolute Gasteiger partial charge is 0.372 e. The summed E-state index contributed by atoms with van der Waals surface area (Å²) in [4.78, 5) is 23.0. The molecule has 0 fully saturated rings. The Labute approximate surface area is 211 Å². The Kier molecular flexibility index (Phi) is 9.48.